The Morgan fingerprint density at radius 2 is 1.74 bits per heavy atom. The van der Waals surface area contributed by atoms with Crippen LogP contribution in [0.2, 0.25) is 0 Å². The topological polar surface area (TPSA) is 83.1 Å². The molecule has 4 aromatic rings. The van der Waals surface area contributed by atoms with Gasteiger partial charge in [-0.25, -0.2) is 4.39 Å². The van der Waals surface area contributed by atoms with E-state index < -0.39 is 5.25 Å². The van der Waals surface area contributed by atoms with E-state index >= 15 is 0 Å². The summed E-state index contributed by atoms with van der Waals surface area (Å²) in [4.78, 5) is 11.2. The van der Waals surface area contributed by atoms with Crippen LogP contribution in [0.15, 0.2) is 78.0 Å². The molecule has 3 aromatic carbocycles. The van der Waals surface area contributed by atoms with Crippen molar-refractivity contribution in [3.63, 3.8) is 0 Å². The van der Waals surface area contributed by atoms with E-state index in [1.54, 1.807) is 18.2 Å². The van der Waals surface area contributed by atoms with Crippen molar-refractivity contribution >= 4 is 11.8 Å². The maximum absolute atomic E-state index is 13.2. The number of halogens is 1. The smallest absolute Gasteiger partial charge is 0.220 e. The number of nitrogens with zero attached hydrogens (tertiary/aromatic N) is 4. The van der Waals surface area contributed by atoms with Gasteiger partial charge in [-0.3, -0.25) is 14.7 Å². The number of aromatic nitrogens is 3. The summed E-state index contributed by atoms with van der Waals surface area (Å²) in [5.74, 6) is 0.899. The number of para-hydroxylation sites is 1. The molecule has 7 nitrogen and oxygen atoms in total. The fourth-order valence-corrected chi connectivity index (χ4v) is 4.70. The molecule has 0 fully saturated rings. The predicted molar refractivity (Wildman–Crippen MR) is 128 cm³/mol. The summed E-state index contributed by atoms with van der Waals surface area (Å²) in [6.45, 7) is 3.75. The summed E-state index contributed by atoms with van der Waals surface area (Å²) in [6, 6.07) is 21.2. The monoisotopic (exact) mass is 478 g/mol. The molecule has 0 amide bonds. The van der Waals surface area contributed by atoms with Gasteiger partial charge in [-0.1, -0.05) is 59.8 Å². The van der Waals surface area contributed by atoms with Gasteiger partial charge in [0.1, 0.15) is 29.2 Å². The van der Waals surface area contributed by atoms with E-state index in [-0.39, 0.29) is 23.9 Å². The van der Waals surface area contributed by atoms with Gasteiger partial charge in [0, 0.05) is 16.2 Å². The lowest BCUT2D eigenvalue weighted by molar-refractivity contribution is -0.479. The first-order valence-corrected chi connectivity index (χ1v) is 11.5. The first-order valence-electron chi connectivity index (χ1n) is 10.6. The molecule has 0 radical (unpaired) electrons. The Kier molecular flexibility index (Phi) is 7.22. The third kappa shape index (κ3) is 5.60. The van der Waals surface area contributed by atoms with Crippen molar-refractivity contribution < 1.29 is 14.1 Å². The van der Waals surface area contributed by atoms with Gasteiger partial charge in [0.2, 0.25) is 6.54 Å². The van der Waals surface area contributed by atoms with Crippen molar-refractivity contribution in [2.24, 2.45) is 0 Å². The van der Waals surface area contributed by atoms with E-state index in [9.17, 15) is 14.5 Å². The molecular formula is C25H23FN4O3S. The van der Waals surface area contributed by atoms with Crippen molar-refractivity contribution in [2.75, 3.05) is 6.54 Å². The van der Waals surface area contributed by atoms with E-state index in [1.165, 1.54) is 23.9 Å². The molecule has 0 aliphatic rings. The fraction of sp³-hybridized carbons (Fsp3) is 0.200. The van der Waals surface area contributed by atoms with Gasteiger partial charge < -0.3 is 4.74 Å². The Bertz CT molecular complexity index is 1280. The second-order valence-electron chi connectivity index (χ2n) is 7.78. The van der Waals surface area contributed by atoms with Crippen LogP contribution in [-0.2, 0) is 6.61 Å². The van der Waals surface area contributed by atoms with Gasteiger partial charge in [-0.2, -0.15) is 0 Å². The first kappa shape index (κ1) is 23.4. The highest BCUT2D eigenvalue weighted by Crippen LogP contribution is 2.40. The molecule has 174 valence electrons. The Morgan fingerprint density at radius 3 is 2.44 bits per heavy atom. The molecule has 34 heavy (non-hydrogen) atoms. The zero-order valence-corrected chi connectivity index (χ0v) is 19.5. The summed E-state index contributed by atoms with van der Waals surface area (Å²) in [6.07, 6.45) is 0. The Hall–Kier alpha value is -3.72. The molecule has 0 unspecified atom stereocenters. The van der Waals surface area contributed by atoms with E-state index in [1.807, 2.05) is 60.9 Å². The van der Waals surface area contributed by atoms with Crippen LogP contribution >= 0.6 is 11.8 Å². The maximum atomic E-state index is 13.2. The van der Waals surface area contributed by atoms with Crippen LogP contribution in [0.25, 0.3) is 5.69 Å². The van der Waals surface area contributed by atoms with E-state index in [0.29, 0.717) is 22.3 Å². The summed E-state index contributed by atoms with van der Waals surface area (Å²) < 4.78 is 21.1. The Balaban J connectivity index is 1.63. The van der Waals surface area contributed by atoms with Crippen LogP contribution in [0.3, 0.4) is 0 Å². The number of ether oxygens (including phenoxy) is 1. The SMILES string of the molecule is Cc1ccc(-n2c(C)nnc2S[C@@H](C[N+](=O)[O-])c2ccccc2OCc2ccc(F)cc2)cc1. The number of aryl methyl sites for hydroxylation is 2. The molecule has 0 bridgehead atoms. The second kappa shape index (κ2) is 10.5. The highest BCUT2D eigenvalue weighted by Gasteiger charge is 2.26. The molecule has 0 N–H and O–H groups in total. The molecule has 1 atom stereocenters. The van der Waals surface area contributed by atoms with Crippen molar-refractivity contribution in [1.82, 2.24) is 14.8 Å². The lowest BCUT2D eigenvalue weighted by Gasteiger charge is -2.18. The summed E-state index contributed by atoms with van der Waals surface area (Å²) in [5, 5.41) is 20.1. The van der Waals surface area contributed by atoms with Gasteiger partial charge in [0.15, 0.2) is 5.16 Å². The van der Waals surface area contributed by atoms with E-state index in [0.717, 1.165) is 16.8 Å². The van der Waals surface area contributed by atoms with Crippen LogP contribution < -0.4 is 4.74 Å². The van der Waals surface area contributed by atoms with Gasteiger partial charge in [-0.05, 0) is 49.7 Å². The second-order valence-corrected chi connectivity index (χ2v) is 8.95. The molecule has 4 rings (SSSR count). The number of benzene rings is 3. The summed E-state index contributed by atoms with van der Waals surface area (Å²) >= 11 is 1.27. The molecule has 0 spiro atoms. The molecule has 0 saturated heterocycles. The molecule has 9 heteroatoms. The van der Waals surface area contributed by atoms with Crippen molar-refractivity contribution in [1.29, 1.82) is 0 Å². The highest BCUT2D eigenvalue weighted by molar-refractivity contribution is 7.99. The maximum Gasteiger partial charge on any atom is 0.220 e. The number of nitro groups is 1. The average molecular weight is 479 g/mol. The lowest BCUT2D eigenvalue weighted by atomic mass is 10.1. The van der Waals surface area contributed by atoms with Crippen LogP contribution in [0, 0.1) is 29.8 Å². The van der Waals surface area contributed by atoms with Gasteiger partial charge >= 0.3 is 0 Å². The Morgan fingerprint density at radius 1 is 1.03 bits per heavy atom. The fourth-order valence-electron chi connectivity index (χ4n) is 3.49. The molecule has 0 aliphatic heterocycles. The summed E-state index contributed by atoms with van der Waals surface area (Å²) in [5.41, 5.74) is 3.49. The van der Waals surface area contributed by atoms with Crippen molar-refractivity contribution in [3.8, 4) is 11.4 Å². The zero-order chi connectivity index (χ0) is 24.1. The average Bonchev–Trinajstić information content (AvgIpc) is 3.18. The van der Waals surface area contributed by atoms with Gasteiger partial charge in [-0.15, -0.1) is 10.2 Å². The third-order valence-corrected chi connectivity index (χ3v) is 6.39. The molecule has 1 aromatic heterocycles. The minimum Gasteiger partial charge on any atom is -0.489 e. The molecule has 0 aliphatic carbocycles. The van der Waals surface area contributed by atoms with Crippen LogP contribution in [0.4, 0.5) is 4.39 Å². The lowest BCUT2D eigenvalue weighted by Crippen LogP contribution is -2.12. The molecule has 1 heterocycles. The minimum atomic E-state index is -0.563. The number of thioether (sulfide) groups is 1. The minimum absolute atomic E-state index is 0.214. The molecular weight excluding hydrogens is 455 g/mol. The largest absolute Gasteiger partial charge is 0.489 e. The quantitative estimate of drug-likeness (QED) is 0.174. The summed E-state index contributed by atoms with van der Waals surface area (Å²) in [7, 11) is 0. The third-order valence-electron chi connectivity index (χ3n) is 5.22. The predicted octanol–water partition coefficient (Wildman–Crippen LogP) is 5.71. The number of hydrogen-bond acceptors (Lipinski definition) is 6. The van der Waals surface area contributed by atoms with E-state index in [4.69, 9.17) is 4.74 Å². The van der Waals surface area contributed by atoms with E-state index in [2.05, 4.69) is 10.2 Å². The van der Waals surface area contributed by atoms with Crippen molar-refractivity contribution in [3.05, 3.63) is 111 Å². The van der Waals surface area contributed by atoms with Crippen LogP contribution in [0.1, 0.15) is 27.8 Å². The highest BCUT2D eigenvalue weighted by atomic mass is 32.2. The molecule has 0 saturated carbocycles. The number of rotatable bonds is 9. The van der Waals surface area contributed by atoms with Crippen molar-refractivity contribution in [2.45, 2.75) is 30.9 Å². The van der Waals surface area contributed by atoms with Crippen LogP contribution in [-0.4, -0.2) is 26.2 Å². The van der Waals surface area contributed by atoms with Crippen LogP contribution in [0.5, 0.6) is 5.75 Å². The first-order chi connectivity index (χ1) is 16.4. The normalized spacial score (nSPS) is 11.9. The van der Waals surface area contributed by atoms with Gasteiger partial charge in [0.25, 0.3) is 0 Å². The zero-order valence-electron chi connectivity index (χ0n) is 18.7. The number of hydrogen-bond donors (Lipinski definition) is 0. The van der Waals surface area contributed by atoms with Gasteiger partial charge in [0.05, 0.1) is 0 Å². The standard InChI is InChI=1S/C25H23FN4O3S/c1-17-7-13-21(14-8-17)30-18(2)27-28-25(30)34-24(15-29(31)32)22-5-3-4-6-23(22)33-16-19-9-11-20(26)12-10-19/h3-14,24H,15-16H2,1-2H3/t24-/m0/s1. The Labute approximate surface area is 200 Å².